The van der Waals surface area contributed by atoms with Crippen LogP contribution in [0.4, 0.5) is 4.79 Å². The molecule has 1 rings (SSSR count). The number of hydrogen-bond donors (Lipinski definition) is 2. The molecule has 0 radical (unpaired) electrons. The Morgan fingerprint density at radius 2 is 2.17 bits per heavy atom. The van der Waals surface area contributed by atoms with Gasteiger partial charge in [-0.2, -0.15) is 0 Å². The van der Waals surface area contributed by atoms with Gasteiger partial charge in [0, 0.05) is 26.2 Å². The normalized spacial score (nSPS) is 21.0. The second kappa shape index (κ2) is 9.45. The van der Waals surface area contributed by atoms with Crippen molar-refractivity contribution in [3.05, 3.63) is 0 Å². The number of carbonyl (C=O) groups excluding carboxylic acids is 1. The van der Waals surface area contributed by atoms with Gasteiger partial charge in [-0.15, -0.1) is 0 Å². The van der Waals surface area contributed by atoms with E-state index in [-0.39, 0.29) is 6.09 Å². The first kappa shape index (κ1) is 20.2. The van der Waals surface area contributed by atoms with Gasteiger partial charge in [0.15, 0.2) is 0 Å². The number of nitrogens with one attached hydrogen (secondary N) is 1. The molecule has 0 bridgehead atoms. The van der Waals surface area contributed by atoms with Crippen molar-refractivity contribution in [2.24, 2.45) is 5.92 Å². The number of rotatable bonds is 7. The maximum absolute atomic E-state index is 12.2. The number of likely N-dealkylation sites (tertiary alicyclic amines) is 1. The molecular weight excluding hydrogens is 294 g/mol. The highest BCUT2D eigenvalue weighted by molar-refractivity contribution is 5.68. The summed E-state index contributed by atoms with van der Waals surface area (Å²) in [6, 6.07) is 0. The monoisotopic (exact) mass is 329 g/mol. The number of carbonyl (C=O) groups is 1. The van der Waals surface area contributed by atoms with Crippen LogP contribution in [-0.4, -0.2) is 79.0 Å². The standard InChI is InChI=1S/C17H35N3O3/c1-14(21)12-20(16(22)23-17(2,3)4)10-8-18-11-15-7-6-9-19(5)13-15/h14-15,18,21H,6-13H2,1-5H3. The molecule has 0 aromatic carbocycles. The first-order valence-electron chi connectivity index (χ1n) is 8.72. The number of aliphatic hydroxyl groups excluding tert-OH is 1. The third kappa shape index (κ3) is 9.13. The molecule has 6 nitrogen and oxygen atoms in total. The minimum absolute atomic E-state index is 0.294. The Morgan fingerprint density at radius 1 is 1.48 bits per heavy atom. The van der Waals surface area contributed by atoms with Crippen LogP contribution in [0.25, 0.3) is 0 Å². The van der Waals surface area contributed by atoms with E-state index in [4.69, 9.17) is 4.74 Å². The van der Waals surface area contributed by atoms with E-state index in [2.05, 4.69) is 17.3 Å². The summed E-state index contributed by atoms with van der Waals surface area (Å²) >= 11 is 0. The fourth-order valence-corrected chi connectivity index (χ4v) is 2.86. The van der Waals surface area contributed by atoms with E-state index in [1.165, 1.54) is 19.4 Å². The molecule has 0 saturated carbocycles. The van der Waals surface area contributed by atoms with E-state index >= 15 is 0 Å². The minimum atomic E-state index is -0.561. The molecule has 1 amide bonds. The van der Waals surface area contributed by atoms with E-state index in [0.29, 0.717) is 25.6 Å². The third-order valence-corrected chi connectivity index (χ3v) is 3.85. The molecule has 2 unspecified atom stereocenters. The summed E-state index contributed by atoms with van der Waals surface area (Å²) < 4.78 is 5.40. The Balaban J connectivity index is 2.34. The maximum atomic E-state index is 12.2. The van der Waals surface area contributed by atoms with Gasteiger partial charge in [0.1, 0.15) is 5.60 Å². The van der Waals surface area contributed by atoms with Gasteiger partial charge in [-0.05, 0) is 66.6 Å². The van der Waals surface area contributed by atoms with E-state index in [1.807, 2.05) is 20.8 Å². The van der Waals surface area contributed by atoms with Crippen LogP contribution in [0.15, 0.2) is 0 Å². The summed E-state index contributed by atoms with van der Waals surface area (Å²) in [6.45, 7) is 12.1. The largest absolute Gasteiger partial charge is 0.444 e. The van der Waals surface area contributed by atoms with Crippen LogP contribution in [0.5, 0.6) is 0 Å². The van der Waals surface area contributed by atoms with Gasteiger partial charge < -0.3 is 25.0 Å². The third-order valence-electron chi connectivity index (χ3n) is 3.85. The Bertz CT molecular complexity index is 355. The van der Waals surface area contributed by atoms with Crippen molar-refractivity contribution >= 4 is 6.09 Å². The van der Waals surface area contributed by atoms with Crippen LogP contribution in [0.3, 0.4) is 0 Å². The van der Waals surface area contributed by atoms with Crippen molar-refractivity contribution in [2.75, 3.05) is 46.3 Å². The molecule has 0 aromatic rings. The SMILES string of the molecule is CC(O)CN(CCNCC1CCCN(C)C1)C(=O)OC(C)(C)C. The number of nitrogens with zero attached hydrogens (tertiary/aromatic N) is 2. The number of ether oxygens (including phenoxy) is 1. The molecule has 1 aliphatic heterocycles. The highest BCUT2D eigenvalue weighted by Gasteiger charge is 2.23. The fraction of sp³-hybridized carbons (Fsp3) is 0.941. The molecule has 1 heterocycles. The van der Waals surface area contributed by atoms with E-state index in [0.717, 1.165) is 13.1 Å². The van der Waals surface area contributed by atoms with Crippen LogP contribution in [0, 0.1) is 5.92 Å². The Hall–Kier alpha value is -0.850. The summed E-state index contributed by atoms with van der Waals surface area (Å²) in [4.78, 5) is 16.1. The van der Waals surface area contributed by atoms with Crippen LogP contribution in [-0.2, 0) is 4.74 Å². The molecule has 0 aliphatic carbocycles. The Labute approximate surface area is 141 Å². The lowest BCUT2D eigenvalue weighted by atomic mass is 9.98. The number of amides is 1. The van der Waals surface area contributed by atoms with Gasteiger partial charge in [0.2, 0.25) is 0 Å². The number of hydrogen-bond acceptors (Lipinski definition) is 5. The quantitative estimate of drug-likeness (QED) is 0.694. The molecule has 1 saturated heterocycles. The Morgan fingerprint density at radius 3 is 2.74 bits per heavy atom. The smallest absolute Gasteiger partial charge is 0.410 e. The number of aliphatic hydroxyl groups is 1. The second-order valence-corrected chi connectivity index (χ2v) is 7.75. The van der Waals surface area contributed by atoms with Gasteiger partial charge >= 0.3 is 6.09 Å². The zero-order valence-electron chi connectivity index (χ0n) is 15.5. The van der Waals surface area contributed by atoms with Crippen molar-refractivity contribution in [1.29, 1.82) is 0 Å². The highest BCUT2D eigenvalue weighted by atomic mass is 16.6. The van der Waals surface area contributed by atoms with Gasteiger partial charge in [-0.3, -0.25) is 0 Å². The molecule has 23 heavy (non-hydrogen) atoms. The summed E-state index contributed by atoms with van der Waals surface area (Å²) in [5, 5.41) is 13.0. The van der Waals surface area contributed by atoms with Crippen LogP contribution in [0.2, 0.25) is 0 Å². The van der Waals surface area contributed by atoms with Gasteiger partial charge in [-0.25, -0.2) is 4.79 Å². The van der Waals surface area contributed by atoms with Gasteiger partial charge in [0.25, 0.3) is 0 Å². The predicted octanol–water partition coefficient (Wildman–Crippen LogP) is 1.54. The molecule has 1 aliphatic rings. The van der Waals surface area contributed by atoms with Crippen molar-refractivity contribution in [3.8, 4) is 0 Å². The lowest BCUT2D eigenvalue weighted by Crippen LogP contribution is -2.44. The lowest BCUT2D eigenvalue weighted by Gasteiger charge is -2.30. The zero-order chi connectivity index (χ0) is 17.5. The lowest BCUT2D eigenvalue weighted by molar-refractivity contribution is 0.0164. The van der Waals surface area contributed by atoms with Gasteiger partial charge in [-0.1, -0.05) is 0 Å². The molecule has 2 N–H and O–H groups in total. The molecule has 0 spiro atoms. The van der Waals surface area contributed by atoms with Crippen LogP contribution in [0.1, 0.15) is 40.5 Å². The van der Waals surface area contributed by atoms with Crippen molar-refractivity contribution < 1.29 is 14.6 Å². The topological polar surface area (TPSA) is 65.0 Å². The van der Waals surface area contributed by atoms with Crippen molar-refractivity contribution in [3.63, 3.8) is 0 Å². The highest BCUT2D eigenvalue weighted by Crippen LogP contribution is 2.14. The van der Waals surface area contributed by atoms with Crippen molar-refractivity contribution in [2.45, 2.75) is 52.2 Å². The maximum Gasteiger partial charge on any atom is 0.410 e. The van der Waals surface area contributed by atoms with Crippen LogP contribution < -0.4 is 5.32 Å². The molecule has 1 fully saturated rings. The Kier molecular flexibility index (Phi) is 8.29. The first-order valence-corrected chi connectivity index (χ1v) is 8.72. The summed E-state index contributed by atoms with van der Waals surface area (Å²) in [5.41, 5.74) is -0.520. The molecular formula is C17H35N3O3. The summed E-state index contributed by atoms with van der Waals surface area (Å²) in [7, 11) is 2.17. The average Bonchev–Trinajstić information content (AvgIpc) is 2.40. The average molecular weight is 329 g/mol. The van der Waals surface area contributed by atoms with Crippen molar-refractivity contribution in [1.82, 2.24) is 15.1 Å². The van der Waals surface area contributed by atoms with Crippen LogP contribution >= 0.6 is 0 Å². The molecule has 6 heteroatoms. The van der Waals surface area contributed by atoms with E-state index < -0.39 is 11.7 Å². The fourth-order valence-electron chi connectivity index (χ4n) is 2.86. The van der Waals surface area contributed by atoms with E-state index in [1.54, 1.807) is 11.8 Å². The first-order chi connectivity index (χ1) is 10.7. The molecule has 0 aromatic heterocycles. The van der Waals surface area contributed by atoms with Gasteiger partial charge in [0.05, 0.1) is 6.10 Å². The molecule has 136 valence electrons. The zero-order valence-corrected chi connectivity index (χ0v) is 15.5. The summed E-state index contributed by atoms with van der Waals surface area (Å²) in [6.07, 6.45) is 1.60. The predicted molar refractivity (Wildman–Crippen MR) is 92.6 cm³/mol. The minimum Gasteiger partial charge on any atom is -0.444 e. The number of piperidine rings is 1. The summed E-state index contributed by atoms with van der Waals surface area (Å²) in [5.74, 6) is 0.681. The second-order valence-electron chi connectivity index (χ2n) is 7.75. The molecule has 2 atom stereocenters. The van der Waals surface area contributed by atoms with E-state index in [9.17, 15) is 9.90 Å².